The number of halogens is 2. The van der Waals surface area contributed by atoms with Crippen molar-refractivity contribution in [1.29, 1.82) is 0 Å². The molecule has 0 amide bonds. The summed E-state index contributed by atoms with van der Waals surface area (Å²) in [5, 5.41) is 9.97. The van der Waals surface area contributed by atoms with Crippen LogP contribution >= 0.6 is 23.2 Å². The topological polar surface area (TPSA) is 46.5 Å². The molecule has 0 radical (unpaired) electrons. The van der Waals surface area contributed by atoms with Crippen LogP contribution in [0.3, 0.4) is 0 Å². The van der Waals surface area contributed by atoms with Gasteiger partial charge in [-0.25, -0.2) is 0 Å². The summed E-state index contributed by atoms with van der Waals surface area (Å²) in [6, 6.07) is 12.3. The number of carboxylic acid groups (broad SMARTS) is 1. The molecule has 0 aliphatic rings. The lowest BCUT2D eigenvalue weighted by Gasteiger charge is -2.10. The Labute approximate surface area is 133 Å². The summed E-state index contributed by atoms with van der Waals surface area (Å²) in [5.41, 5.74) is 1.69. The largest absolute Gasteiger partial charge is 0.487 e. The van der Waals surface area contributed by atoms with Gasteiger partial charge in [-0.05, 0) is 36.2 Å². The quantitative estimate of drug-likeness (QED) is 0.862. The molecular weight excluding hydrogens is 311 g/mol. The lowest BCUT2D eigenvalue weighted by atomic mass is 10.0. The van der Waals surface area contributed by atoms with Crippen molar-refractivity contribution in [1.82, 2.24) is 0 Å². The molecule has 0 saturated carbocycles. The summed E-state index contributed by atoms with van der Waals surface area (Å²) < 4.78 is 5.62. The summed E-state index contributed by atoms with van der Waals surface area (Å²) in [7, 11) is 0. The SMILES string of the molecule is CC(C(=O)O)c1ccc(COc2ccc(Cl)cc2Cl)cc1. The maximum atomic E-state index is 10.9. The fourth-order valence-electron chi connectivity index (χ4n) is 1.80. The number of carbonyl (C=O) groups is 1. The summed E-state index contributed by atoms with van der Waals surface area (Å²) in [6.45, 7) is 2.00. The minimum atomic E-state index is -0.841. The Kier molecular flexibility index (Phi) is 5.10. The van der Waals surface area contributed by atoms with Gasteiger partial charge in [0.05, 0.1) is 10.9 Å². The van der Waals surface area contributed by atoms with E-state index in [9.17, 15) is 4.79 Å². The number of hydrogen-bond donors (Lipinski definition) is 1. The number of aliphatic carboxylic acids is 1. The first kappa shape index (κ1) is 15.7. The first-order valence-electron chi connectivity index (χ1n) is 6.37. The summed E-state index contributed by atoms with van der Waals surface area (Å²) in [4.78, 5) is 10.9. The van der Waals surface area contributed by atoms with Crippen LogP contribution in [0.1, 0.15) is 24.0 Å². The van der Waals surface area contributed by atoms with Gasteiger partial charge in [-0.3, -0.25) is 4.79 Å². The monoisotopic (exact) mass is 324 g/mol. The van der Waals surface area contributed by atoms with E-state index in [1.807, 2.05) is 12.1 Å². The second-order valence-corrected chi connectivity index (χ2v) is 5.51. The molecule has 2 aromatic carbocycles. The number of hydrogen-bond acceptors (Lipinski definition) is 2. The van der Waals surface area contributed by atoms with E-state index in [-0.39, 0.29) is 0 Å². The molecule has 1 atom stereocenters. The highest BCUT2D eigenvalue weighted by molar-refractivity contribution is 6.35. The van der Waals surface area contributed by atoms with Crippen LogP contribution in [-0.2, 0) is 11.4 Å². The van der Waals surface area contributed by atoms with Crippen molar-refractivity contribution in [3.63, 3.8) is 0 Å². The molecule has 0 aliphatic carbocycles. The summed E-state index contributed by atoms with van der Waals surface area (Å²) >= 11 is 11.8. The zero-order chi connectivity index (χ0) is 15.4. The van der Waals surface area contributed by atoms with Gasteiger partial charge < -0.3 is 9.84 Å². The fourth-order valence-corrected chi connectivity index (χ4v) is 2.26. The predicted molar refractivity (Wildman–Crippen MR) is 83.3 cm³/mol. The molecule has 0 aliphatic heterocycles. The van der Waals surface area contributed by atoms with Crippen LogP contribution in [0, 0.1) is 0 Å². The molecule has 21 heavy (non-hydrogen) atoms. The Balaban J connectivity index is 2.02. The number of rotatable bonds is 5. The number of carboxylic acids is 1. The van der Waals surface area contributed by atoms with Crippen LogP contribution < -0.4 is 4.74 Å². The molecule has 1 unspecified atom stereocenters. The summed E-state index contributed by atoms with van der Waals surface area (Å²) in [5.74, 6) is -0.804. The van der Waals surface area contributed by atoms with E-state index in [1.54, 1.807) is 37.3 Å². The molecule has 3 nitrogen and oxygen atoms in total. The van der Waals surface area contributed by atoms with Crippen molar-refractivity contribution in [2.24, 2.45) is 0 Å². The maximum absolute atomic E-state index is 10.9. The molecule has 1 N–H and O–H groups in total. The number of ether oxygens (including phenoxy) is 1. The van der Waals surface area contributed by atoms with Gasteiger partial charge in [0.2, 0.25) is 0 Å². The third kappa shape index (κ3) is 4.13. The zero-order valence-corrected chi connectivity index (χ0v) is 12.9. The Morgan fingerprint density at radius 3 is 2.43 bits per heavy atom. The van der Waals surface area contributed by atoms with E-state index < -0.39 is 11.9 Å². The first-order chi connectivity index (χ1) is 9.97. The van der Waals surface area contributed by atoms with Crippen LogP contribution in [0.4, 0.5) is 0 Å². The van der Waals surface area contributed by atoms with Gasteiger partial charge in [0.1, 0.15) is 12.4 Å². The van der Waals surface area contributed by atoms with E-state index in [2.05, 4.69) is 0 Å². The van der Waals surface area contributed by atoms with Gasteiger partial charge >= 0.3 is 5.97 Å². The van der Waals surface area contributed by atoms with E-state index in [4.69, 9.17) is 33.0 Å². The number of benzene rings is 2. The zero-order valence-electron chi connectivity index (χ0n) is 11.3. The van der Waals surface area contributed by atoms with Gasteiger partial charge in [0.15, 0.2) is 0 Å². The van der Waals surface area contributed by atoms with Gasteiger partial charge in [-0.15, -0.1) is 0 Å². The van der Waals surface area contributed by atoms with Crippen molar-refractivity contribution < 1.29 is 14.6 Å². The minimum Gasteiger partial charge on any atom is -0.487 e. The van der Waals surface area contributed by atoms with Crippen LogP contribution in [-0.4, -0.2) is 11.1 Å². The molecule has 2 rings (SSSR count). The fraction of sp³-hybridized carbons (Fsp3) is 0.188. The van der Waals surface area contributed by atoms with E-state index >= 15 is 0 Å². The van der Waals surface area contributed by atoms with E-state index in [0.717, 1.165) is 11.1 Å². The van der Waals surface area contributed by atoms with Crippen LogP contribution in [0.25, 0.3) is 0 Å². The Morgan fingerprint density at radius 2 is 1.86 bits per heavy atom. The highest BCUT2D eigenvalue weighted by Gasteiger charge is 2.13. The third-order valence-corrected chi connectivity index (χ3v) is 3.67. The highest BCUT2D eigenvalue weighted by Crippen LogP contribution is 2.28. The van der Waals surface area contributed by atoms with Crippen LogP contribution in [0.5, 0.6) is 5.75 Å². The molecule has 2 aromatic rings. The van der Waals surface area contributed by atoms with Crippen molar-refractivity contribution in [2.75, 3.05) is 0 Å². The molecular formula is C16H14Cl2O3. The Bertz CT molecular complexity index is 638. The molecule has 5 heteroatoms. The molecule has 0 saturated heterocycles. The molecule has 0 spiro atoms. The average Bonchev–Trinajstić information content (AvgIpc) is 2.46. The molecule has 0 fully saturated rings. The van der Waals surface area contributed by atoms with E-state index in [1.165, 1.54) is 0 Å². The molecule has 0 aromatic heterocycles. The van der Waals surface area contributed by atoms with Crippen LogP contribution in [0.15, 0.2) is 42.5 Å². The summed E-state index contributed by atoms with van der Waals surface area (Å²) in [6.07, 6.45) is 0. The minimum absolute atomic E-state index is 0.350. The lowest BCUT2D eigenvalue weighted by molar-refractivity contribution is -0.138. The van der Waals surface area contributed by atoms with Gasteiger partial charge in [-0.2, -0.15) is 0 Å². The van der Waals surface area contributed by atoms with Gasteiger partial charge in [0, 0.05) is 5.02 Å². The van der Waals surface area contributed by atoms with Crippen molar-refractivity contribution in [3.8, 4) is 5.75 Å². The smallest absolute Gasteiger partial charge is 0.310 e. The standard InChI is InChI=1S/C16H14Cl2O3/c1-10(16(19)20)12-4-2-11(3-5-12)9-21-15-7-6-13(17)8-14(15)18/h2-8,10H,9H2,1H3,(H,19,20). The molecule has 110 valence electrons. The van der Waals surface area contributed by atoms with Gasteiger partial charge in [0.25, 0.3) is 0 Å². The molecule has 0 heterocycles. The normalized spacial score (nSPS) is 12.0. The lowest BCUT2D eigenvalue weighted by Crippen LogP contribution is -2.07. The van der Waals surface area contributed by atoms with Crippen molar-refractivity contribution >= 4 is 29.2 Å². The maximum Gasteiger partial charge on any atom is 0.310 e. The predicted octanol–water partition coefficient (Wildman–Crippen LogP) is 4.76. The molecule has 0 bridgehead atoms. The van der Waals surface area contributed by atoms with Crippen molar-refractivity contribution in [3.05, 3.63) is 63.6 Å². The highest BCUT2D eigenvalue weighted by atomic mass is 35.5. The third-order valence-electron chi connectivity index (χ3n) is 3.14. The Hall–Kier alpha value is -1.71. The first-order valence-corrected chi connectivity index (χ1v) is 7.12. The second kappa shape index (κ2) is 6.83. The van der Waals surface area contributed by atoms with Gasteiger partial charge in [-0.1, -0.05) is 47.5 Å². The van der Waals surface area contributed by atoms with E-state index in [0.29, 0.717) is 22.4 Å². The Morgan fingerprint density at radius 1 is 1.19 bits per heavy atom. The average molecular weight is 325 g/mol. The second-order valence-electron chi connectivity index (χ2n) is 4.66. The van der Waals surface area contributed by atoms with Crippen LogP contribution in [0.2, 0.25) is 10.0 Å². The van der Waals surface area contributed by atoms with Crippen molar-refractivity contribution in [2.45, 2.75) is 19.4 Å².